The number of nitrogens with one attached hydrogen (secondary N) is 2. The van der Waals surface area contributed by atoms with Crippen molar-refractivity contribution in [2.45, 2.75) is 50.4 Å². The predicted octanol–water partition coefficient (Wildman–Crippen LogP) is 8.20. The second kappa shape index (κ2) is 12.7. The third-order valence-corrected chi connectivity index (χ3v) is 5.91. The minimum absolute atomic E-state index is 0.0351. The van der Waals surface area contributed by atoms with Gasteiger partial charge in [-0.05, 0) is 42.8 Å². The van der Waals surface area contributed by atoms with Gasteiger partial charge in [0.15, 0.2) is 0 Å². The summed E-state index contributed by atoms with van der Waals surface area (Å²) >= 11 is 11.4. The Morgan fingerprint density at radius 2 is 1.52 bits per heavy atom. The number of carbonyl (C=O) groups is 2. The quantitative estimate of drug-likeness (QED) is 0.229. The van der Waals surface area contributed by atoms with Gasteiger partial charge in [0.05, 0.1) is 33.8 Å². The molecule has 1 unspecified atom stereocenters. The first kappa shape index (κ1) is 33.2. The fourth-order valence-electron chi connectivity index (χ4n) is 3.33. The molecule has 0 aliphatic carbocycles. The molecule has 4 nitrogen and oxygen atoms in total. The molecule has 0 aromatic heterocycles. The van der Waals surface area contributed by atoms with Gasteiger partial charge in [0.2, 0.25) is 5.91 Å². The van der Waals surface area contributed by atoms with Crippen molar-refractivity contribution in [2.24, 2.45) is 0 Å². The molecule has 2 atom stereocenters. The molecule has 2 rings (SSSR count). The monoisotopic (exact) mass is 626 g/mol. The van der Waals surface area contributed by atoms with Crippen LogP contribution in [-0.4, -0.2) is 30.3 Å². The van der Waals surface area contributed by atoms with Crippen LogP contribution in [0.4, 0.5) is 43.9 Å². The van der Waals surface area contributed by atoms with E-state index in [-0.39, 0.29) is 22.2 Å². The van der Waals surface area contributed by atoms with E-state index in [1.807, 2.05) is 10.6 Å². The molecule has 0 spiro atoms. The van der Waals surface area contributed by atoms with Crippen molar-refractivity contribution < 1.29 is 53.5 Å². The van der Waals surface area contributed by atoms with E-state index >= 15 is 0 Å². The number of amides is 2. The molecule has 0 aliphatic rings. The maximum Gasteiger partial charge on any atom is 0.417 e. The minimum atomic E-state index is -5.28. The molecule has 0 bridgehead atoms. The molecule has 2 N–H and O–H groups in total. The predicted molar refractivity (Wildman–Crippen MR) is 126 cm³/mol. The summed E-state index contributed by atoms with van der Waals surface area (Å²) in [6.45, 7) is 1.06. The molecule has 0 aliphatic heterocycles. The van der Waals surface area contributed by atoms with Gasteiger partial charge >= 0.3 is 18.5 Å². The fraction of sp³-hybridized carbons (Fsp3) is 0.333. The second-order valence-corrected chi connectivity index (χ2v) is 9.16. The number of allylic oxidation sites excluding steroid dienone is 1. The highest BCUT2D eigenvalue weighted by atomic mass is 35.5. The van der Waals surface area contributed by atoms with E-state index in [9.17, 15) is 53.5 Å². The summed E-state index contributed by atoms with van der Waals surface area (Å²) in [5.41, 5.74) is -4.29. The van der Waals surface area contributed by atoms with Crippen molar-refractivity contribution in [1.29, 1.82) is 0 Å². The number of hydrogen-bond acceptors (Lipinski definition) is 2. The number of carbonyl (C=O) groups excluding carboxylic acids is 2. The molecular weight excluding hydrogens is 609 g/mol. The Kier molecular flexibility index (Phi) is 10.5. The van der Waals surface area contributed by atoms with Gasteiger partial charge in [-0.3, -0.25) is 9.59 Å². The Labute approximate surface area is 230 Å². The third-order valence-electron chi connectivity index (χ3n) is 5.17. The Balaban J connectivity index is 2.36. The van der Waals surface area contributed by atoms with Gasteiger partial charge in [0.25, 0.3) is 5.91 Å². The molecule has 16 heteroatoms. The highest BCUT2D eigenvalue weighted by molar-refractivity contribution is 6.42. The van der Waals surface area contributed by atoms with Gasteiger partial charge in [-0.2, -0.15) is 39.5 Å². The Morgan fingerprint density at radius 1 is 0.900 bits per heavy atom. The van der Waals surface area contributed by atoms with Crippen LogP contribution < -0.4 is 10.6 Å². The Hall–Kier alpha value is -3.00. The van der Waals surface area contributed by atoms with Crippen LogP contribution in [0.1, 0.15) is 52.7 Å². The topological polar surface area (TPSA) is 58.2 Å². The number of benzene rings is 2. The zero-order chi connectivity index (χ0) is 30.6. The first-order valence-corrected chi connectivity index (χ1v) is 11.7. The van der Waals surface area contributed by atoms with Crippen LogP contribution in [0.2, 0.25) is 10.0 Å². The van der Waals surface area contributed by atoms with Gasteiger partial charge in [-0.1, -0.05) is 35.3 Å². The summed E-state index contributed by atoms with van der Waals surface area (Å²) in [5, 5.41) is 3.53. The fourth-order valence-corrected chi connectivity index (χ4v) is 3.64. The molecule has 2 aromatic carbocycles. The largest absolute Gasteiger partial charge is 0.417 e. The van der Waals surface area contributed by atoms with Crippen molar-refractivity contribution in [3.05, 3.63) is 74.8 Å². The maximum atomic E-state index is 14.9. The van der Waals surface area contributed by atoms with Crippen LogP contribution in [0.3, 0.4) is 0 Å². The molecule has 2 aromatic rings. The first-order valence-electron chi connectivity index (χ1n) is 11.0. The molecule has 40 heavy (non-hydrogen) atoms. The smallest absolute Gasteiger partial charge is 0.336 e. The standard InChI is InChI=1S/C24H18Cl2F10N2O2/c1-11(37-20(39)6-7-22(28,29)30)38-21(40)14-4-2-13(8-16(14)24(34,35)36)19(27)10-15(23(31,32)33)12-3-5-17(25)18(26)9-12/h2-5,8-11,15H,6-7H2,1H3,(H,37,39)(H,38,40)/b19-10-/t11-,15?/m1/s1. The third kappa shape index (κ3) is 9.58. The molecule has 0 heterocycles. The highest BCUT2D eigenvalue weighted by Gasteiger charge is 2.41. The van der Waals surface area contributed by atoms with Crippen LogP contribution in [0.5, 0.6) is 0 Å². The summed E-state index contributed by atoms with van der Waals surface area (Å²) in [4.78, 5) is 24.0. The van der Waals surface area contributed by atoms with E-state index in [0.29, 0.717) is 12.1 Å². The SMILES string of the molecule is C[C@H](NC(=O)CCC(F)(F)F)NC(=O)c1ccc(/C(F)=C/C(c2ccc(Cl)c(Cl)c2)C(F)(F)F)cc1C(F)(F)F. The normalized spacial score (nSPS) is 14.5. The van der Waals surface area contributed by atoms with Crippen LogP contribution >= 0.6 is 23.2 Å². The summed E-state index contributed by atoms with van der Waals surface area (Å²) in [6, 6.07) is 4.01. The molecule has 0 radical (unpaired) electrons. The van der Waals surface area contributed by atoms with E-state index in [2.05, 4.69) is 0 Å². The maximum absolute atomic E-state index is 14.9. The number of rotatable bonds is 8. The average molecular weight is 627 g/mol. The molecule has 220 valence electrons. The number of hydrogen-bond donors (Lipinski definition) is 2. The van der Waals surface area contributed by atoms with Crippen LogP contribution in [0.15, 0.2) is 42.5 Å². The average Bonchev–Trinajstić information content (AvgIpc) is 2.80. The lowest BCUT2D eigenvalue weighted by Gasteiger charge is -2.20. The van der Waals surface area contributed by atoms with Crippen molar-refractivity contribution >= 4 is 40.8 Å². The number of alkyl halides is 9. The lowest BCUT2D eigenvalue weighted by atomic mass is 9.95. The molecule has 0 saturated carbocycles. The Morgan fingerprint density at radius 3 is 2.05 bits per heavy atom. The van der Waals surface area contributed by atoms with E-state index in [1.54, 1.807) is 0 Å². The lowest BCUT2D eigenvalue weighted by molar-refractivity contribution is -0.144. The summed E-state index contributed by atoms with van der Waals surface area (Å²) in [6.07, 6.45) is -18.9. The van der Waals surface area contributed by atoms with E-state index in [0.717, 1.165) is 25.1 Å². The number of halogens is 12. The van der Waals surface area contributed by atoms with Crippen LogP contribution in [-0.2, 0) is 11.0 Å². The van der Waals surface area contributed by atoms with Gasteiger partial charge < -0.3 is 10.6 Å². The van der Waals surface area contributed by atoms with Gasteiger partial charge in [-0.25, -0.2) is 4.39 Å². The summed E-state index contributed by atoms with van der Waals surface area (Å²) in [5.74, 6) is -6.92. The van der Waals surface area contributed by atoms with E-state index in [4.69, 9.17) is 23.2 Å². The molecule has 2 amide bonds. The summed E-state index contributed by atoms with van der Waals surface area (Å²) < 4.78 is 134. The van der Waals surface area contributed by atoms with Crippen molar-refractivity contribution in [2.75, 3.05) is 0 Å². The molecular formula is C24H18Cl2F10N2O2. The lowest BCUT2D eigenvalue weighted by Crippen LogP contribution is -2.46. The van der Waals surface area contributed by atoms with Gasteiger partial charge in [0.1, 0.15) is 11.7 Å². The second-order valence-electron chi connectivity index (χ2n) is 8.34. The first-order chi connectivity index (χ1) is 18.2. The zero-order valence-corrected chi connectivity index (χ0v) is 21.5. The van der Waals surface area contributed by atoms with Crippen LogP contribution in [0, 0.1) is 0 Å². The van der Waals surface area contributed by atoms with Crippen molar-refractivity contribution in [3.63, 3.8) is 0 Å². The van der Waals surface area contributed by atoms with Crippen LogP contribution in [0.25, 0.3) is 5.83 Å². The molecule has 0 fully saturated rings. The van der Waals surface area contributed by atoms with Crippen molar-refractivity contribution in [1.82, 2.24) is 10.6 Å². The van der Waals surface area contributed by atoms with Crippen molar-refractivity contribution in [3.8, 4) is 0 Å². The molecule has 0 saturated heterocycles. The Bertz CT molecular complexity index is 1270. The minimum Gasteiger partial charge on any atom is -0.336 e. The summed E-state index contributed by atoms with van der Waals surface area (Å²) in [7, 11) is 0. The van der Waals surface area contributed by atoms with Gasteiger partial charge in [0, 0.05) is 12.0 Å². The zero-order valence-electron chi connectivity index (χ0n) is 20.0. The van der Waals surface area contributed by atoms with E-state index in [1.165, 1.54) is 0 Å². The van der Waals surface area contributed by atoms with Gasteiger partial charge in [-0.15, -0.1) is 0 Å². The highest BCUT2D eigenvalue weighted by Crippen LogP contribution is 2.41. The van der Waals surface area contributed by atoms with E-state index < -0.39 is 83.3 Å².